The van der Waals surface area contributed by atoms with E-state index in [1.54, 1.807) is 12.1 Å². The van der Waals surface area contributed by atoms with E-state index in [1.807, 2.05) is 13.8 Å². The average Bonchev–Trinajstić information content (AvgIpc) is 2.24. The third-order valence-electron chi connectivity index (χ3n) is 2.87. The van der Waals surface area contributed by atoms with E-state index in [0.29, 0.717) is 5.75 Å². The van der Waals surface area contributed by atoms with Gasteiger partial charge in [0.25, 0.3) is 5.91 Å². The van der Waals surface area contributed by atoms with Crippen molar-refractivity contribution in [2.45, 2.75) is 46.6 Å². The first-order valence-electron chi connectivity index (χ1n) is 6.74. The smallest absolute Gasteiger partial charge is 0.255 e. The molecule has 0 saturated carbocycles. The Kier molecular flexibility index (Phi) is 4.69. The molecule has 0 aliphatic heterocycles. The van der Waals surface area contributed by atoms with Gasteiger partial charge in [-0.05, 0) is 37.8 Å². The number of ether oxygens (including phenoxy) is 1. The minimum atomic E-state index is -0.346. The van der Waals surface area contributed by atoms with Crippen LogP contribution in [-0.2, 0) is 0 Å². The van der Waals surface area contributed by atoms with Gasteiger partial charge in [-0.3, -0.25) is 4.79 Å². The zero-order valence-electron chi connectivity index (χ0n) is 13.2. The van der Waals surface area contributed by atoms with Crippen molar-refractivity contribution in [3.63, 3.8) is 0 Å². The second-order valence-electron chi connectivity index (χ2n) is 6.96. The fourth-order valence-electron chi connectivity index (χ4n) is 2.58. The molecule has 0 heterocycles. The van der Waals surface area contributed by atoms with E-state index in [0.717, 1.165) is 6.42 Å². The van der Waals surface area contributed by atoms with E-state index in [4.69, 9.17) is 4.74 Å². The number of hydrogen-bond donors (Lipinski definition) is 2. The molecule has 0 radical (unpaired) electrons. The number of phenolic OH excluding ortho intramolecular Hbond substituents is 1. The van der Waals surface area contributed by atoms with Crippen molar-refractivity contribution in [3.05, 3.63) is 23.8 Å². The van der Waals surface area contributed by atoms with E-state index in [-0.39, 0.29) is 28.2 Å². The van der Waals surface area contributed by atoms with Crippen LogP contribution in [0.4, 0.5) is 0 Å². The number of carbonyl (C=O) groups excluding carboxylic acids is 1. The molecule has 0 spiro atoms. The number of amides is 1. The van der Waals surface area contributed by atoms with E-state index < -0.39 is 0 Å². The highest BCUT2D eigenvalue weighted by atomic mass is 16.5. The van der Waals surface area contributed by atoms with Crippen LogP contribution in [0.1, 0.15) is 51.4 Å². The Labute approximate surface area is 121 Å². The number of phenols is 1. The maximum Gasteiger partial charge on any atom is 0.255 e. The molecule has 0 bridgehead atoms. The minimum Gasteiger partial charge on any atom is -0.507 e. The van der Waals surface area contributed by atoms with Crippen molar-refractivity contribution in [2.75, 3.05) is 7.11 Å². The normalized spacial score (nSPS) is 12.1. The Morgan fingerprint density at radius 3 is 2.30 bits per heavy atom. The first-order chi connectivity index (χ1) is 9.04. The lowest BCUT2D eigenvalue weighted by molar-refractivity contribution is 0.0888. The molecule has 1 amide bonds. The molecule has 0 fully saturated rings. The summed E-state index contributed by atoms with van der Waals surface area (Å²) in [6, 6.07) is 4.66. The van der Waals surface area contributed by atoms with Crippen LogP contribution in [0.5, 0.6) is 11.5 Å². The summed E-state index contributed by atoms with van der Waals surface area (Å²) in [6.07, 6.45) is 0.836. The molecule has 1 aromatic rings. The topological polar surface area (TPSA) is 58.6 Å². The van der Waals surface area contributed by atoms with Crippen LogP contribution in [0.2, 0.25) is 0 Å². The zero-order chi connectivity index (χ0) is 15.6. The van der Waals surface area contributed by atoms with E-state index >= 15 is 0 Å². The van der Waals surface area contributed by atoms with Gasteiger partial charge in [0, 0.05) is 11.6 Å². The quantitative estimate of drug-likeness (QED) is 0.888. The molecule has 1 rings (SSSR count). The molecule has 112 valence electrons. The van der Waals surface area contributed by atoms with E-state index in [1.165, 1.54) is 13.2 Å². The maximum atomic E-state index is 12.3. The predicted octanol–water partition coefficient (Wildman–Crippen LogP) is 3.35. The van der Waals surface area contributed by atoms with Crippen molar-refractivity contribution in [1.82, 2.24) is 5.32 Å². The summed E-state index contributed by atoms with van der Waals surface area (Å²) in [7, 11) is 1.51. The standard InChI is InChI=1S/C16H25NO3/c1-15(2,3)10-16(4,5)17-14(19)12-8-7-11(20-6)9-13(12)18/h7-9,18H,10H2,1-6H3,(H,17,19). The first kappa shape index (κ1) is 16.3. The number of rotatable bonds is 4. The first-order valence-corrected chi connectivity index (χ1v) is 6.74. The van der Waals surface area contributed by atoms with Gasteiger partial charge in [0.1, 0.15) is 11.5 Å². The van der Waals surface area contributed by atoms with Crippen molar-refractivity contribution in [3.8, 4) is 11.5 Å². The van der Waals surface area contributed by atoms with Crippen LogP contribution in [-0.4, -0.2) is 23.7 Å². The van der Waals surface area contributed by atoms with Gasteiger partial charge in [-0.15, -0.1) is 0 Å². The monoisotopic (exact) mass is 279 g/mol. The molecule has 4 nitrogen and oxygen atoms in total. The Balaban J connectivity index is 2.86. The fraction of sp³-hybridized carbons (Fsp3) is 0.562. The number of carbonyl (C=O) groups is 1. The van der Waals surface area contributed by atoms with Gasteiger partial charge in [0.15, 0.2) is 0 Å². The molecule has 0 aliphatic carbocycles. The highest BCUT2D eigenvalue weighted by Gasteiger charge is 2.28. The molecule has 4 heteroatoms. The Bertz CT molecular complexity index is 487. The molecular formula is C16H25NO3. The third-order valence-corrected chi connectivity index (χ3v) is 2.87. The molecule has 0 aromatic heterocycles. The van der Waals surface area contributed by atoms with Crippen LogP contribution in [0, 0.1) is 5.41 Å². The number of benzene rings is 1. The number of nitrogens with one attached hydrogen (secondary N) is 1. The summed E-state index contributed by atoms with van der Waals surface area (Å²) in [4.78, 5) is 12.3. The molecule has 0 atom stereocenters. The van der Waals surface area contributed by atoms with Gasteiger partial charge in [-0.25, -0.2) is 0 Å². The summed E-state index contributed by atoms with van der Waals surface area (Å²) in [5.74, 6) is 0.167. The molecular weight excluding hydrogens is 254 g/mol. The lowest BCUT2D eigenvalue weighted by Crippen LogP contribution is -2.45. The second-order valence-corrected chi connectivity index (χ2v) is 6.96. The van der Waals surface area contributed by atoms with Gasteiger partial charge < -0.3 is 15.2 Å². The summed E-state index contributed by atoms with van der Waals surface area (Å²) >= 11 is 0. The molecule has 1 aromatic carbocycles. The highest BCUT2D eigenvalue weighted by molar-refractivity contribution is 5.97. The van der Waals surface area contributed by atoms with Gasteiger partial charge in [0.2, 0.25) is 0 Å². The summed E-state index contributed by atoms with van der Waals surface area (Å²) < 4.78 is 5.00. The average molecular weight is 279 g/mol. The van der Waals surface area contributed by atoms with Crippen LogP contribution < -0.4 is 10.1 Å². The lowest BCUT2D eigenvalue weighted by Gasteiger charge is -2.33. The molecule has 0 unspecified atom stereocenters. The predicted molar refractivity (Wildman–Crippen MR) is 80.3 cm³/mol. The molecule has 0 saturated heterocycles. The summed E-state index contributed by atoms with van der Waals surface area (Å²) in [5, 5.41) is 12.8. The second kappa shape index (κ2) is 5.73. The number of hydrogen-bond acceptors (Lipinski definition) is 3. The molecule has 20 heavy (non-hydrogen) atoms. The Hall–Kier alpha value is -1.71. The minimum absolute atomic E-state index is 0.0755. The molecule has 2 N–H and O–H groups in total. The lowest BCUT2D eigenvalue weighted by atomic mass is 9.81. The van der Waals surface area contributed by atoms with Gasteiger partial charge in [0.05, 0.1) is 12.7 Å². The highest BCUT2D eigenvalue weighted by Crippen LogP contribution is 2.28. The summed E-state index contributed by atoms with van der Waals surface area (Å²) in [6.45, 7) is 10.4. The number of methoxy groups -OCH3 is 1. The van der Waals surface area contributed by atoms with Crippen molar-refractivity contribution in [1.29, 1.82) is 0 Å². The van der Waals surface area contributed by atoms with Crippen LogP contribution in [0.25, 0.3) is 0 Å². The van der Waals surface area contributed by atoms with E-state index in [2.05, 4.69) is 26.1 Å². The molecule has 0 aliphatic rings. The van der Waals surface area contributed by atoms with Gasteiger partial charge in [-0.2, -0.15) is 0 Å². The zero-order valence-corrected chi connectivity index (χ0v) is 13.2. The van der Waals surface area contributed by atoms with Crippen molar-refractivity contribution in [2.24, 2.45) is 5.41 Å². The third kappa shape index (κ3) is 4.76. The van der Waals surface area contributed by atoms with Crippen LogP contribution in [0.3, 0.4) is 0 Å². The van der Waals surface area contributed by atoms with Gasteiger partial charge >= 0.3 is 0 Å². The van der Waals surface area contributed by atoms with Crippen molar-refractivity contribution < 1.29 is 14.6 Å². The Morgan fingerprint density at radius 2 is 1.85 bits per heavy atom. The van der Waals surface area contributed by atoms with E-state index in [9.17, 15) is 9.90 Å². The van der Waals surface area contributed by atoms with Gasteiger partial charge in [-0.1, -0.05) is 20.8 Å². The fourth-order valence-corrected chi connectivity index (χ4v) is 2.58. The Morgan fingerprint density at radius 1 is 1.25 bits per heavy atom. The van der Waals surface area contributed by atoms with Crippen LogP contribution in [0.15, 0.2) is 18.2 Å². The SMILES string of the molecule is COc1ccc(C(=O)NC(C)(C)CC(C)(C)C)c(O)c1. The summed E-state index contributed by atoms with van der Waals surface area (Å²) in [5.41, 5.74) is 0.0215. The number of aromatic hydroxyl groups is 1. The van der Waals surface area contributed by atoms with Crippen LogP contribution >= 0.6 is 0 Å². The largest absolute Gasteiger partial charge is 0.507 e. The maximum absolute atomic E-state index is 12.3. The van der Waals surface area contributed by atoms with Crippen molar-refractivity contribution >= 4 is 5.91 Å².